The molecule has 0 unspecified atom stereocenters. The van der Waals surface area contributed by atoms with E-state index in [9.17, 15) is 4.39 Å². The molecule has 0 saturated heterocycles. The van der Waals surface area contributed by atoms with E-state index in [0.29, 0.717) is 0 Å². The standard InChI is InChI=1S/C13H17FN2/c1-9-11-8-10(14)4-5-13(11)16(3)12(9)6-7-15-2/h4-5,8,15H,6-7H2,1-3H3. The van der Waals surface area contributed by atoms with E-state index in [0.717, 1.165) is 23.9 Å². The minimum absolute atomic E-state index is 0.165. The minimum Gasteiger partial charge on any atom is -0.347 e. The molecule has 0 aliphatic heterocycles. The van der Waals surface area contributed by atoms with E-state index in [1.165, 1.54) is 17.3 Å². The molecule has 1 aromatic heterocycles. The molecule has 16 heavy (non-hydrogen) atoms. The van der Waals surface area contributed by atoms with Gasteiger partial charge in [-0.3, -0.25) is 0 Å². The van der Waals surface area contributed by atoms with Crippen molar-refractivity contribution in [3.05, 3.63) is 35.3 Å². The van der Waals surface area contributed by atoms with E-state index < -0.39 is 0 Å². The van der Waals surface area contributed by atoms with Crippen LogP contribution in [0, 0.1) is 12.7 Å². The van der Waals surface area contributed by atoms with Crippen molar-refractivity contribution in [2.45, 2.75) is 13.3 Å². The van der Waals surface area contributed by atoms with E-state index in [2.05, 4.69) is 16.8 Å². The number of halogens is 1. The molecule has 1 heterocycles. The fourth-order valence-corrected chi connectivity index (χ4v) is 2.25. The number of fused-ring (bicyclic) bond motifs is 1. The Hall–Kier alpha value is -1.35. The summed E-state index contributed by atoms with van der Waals surface area (Å²) in [6, 6.07) is 4.98. The highest BCUT2D eigenvalue weighted by atomic mass is 19.1. The van der Waals surface area contributed by atoms with Crippen LogP contribution in [0.1, 0.15) is 11.3 Å². The monoisotopic (exact) mass is 220 g/mol. The predicted molar refractivity (Wildman–Crippen MR) is 65.2 cm³/mol. The molecule has 0 radical (unpaired) electrons. The quantitative estimate of drug-likeness (QED) is 0.840. The molecule has 0 fully saturated rings. The number of aryl methyl sites for hydroxylation is 2. The Bertz CT molecular complexity index is 514. The lowest BCUT2D eigenvalue weighted by Crippen LogP contribution is -2.12. The van der Waals surface area contributed by atoms with Crippen LogP contribution in [0.25, 0.3) is 10.9 Å². The third kappa shape index (κ3) is 1.71. The van der Waals surface area contributed by atoms with Crippen LogP contribution < -0.4 is 5.32 Å². The molecular weight excluding hydrogens is 203 g/mol. The maximum atomic E-state index is 13.2. The molecule has 2 aromatic rings. The molecule has 2 nitrogen and oxygen atoms in total. The van der Waals surface area contributed by atoms with Gasteiger partial charge < -0.3 is 9.88 Å². The fraction of sp³-hybridized carbons (Fsp3) is 0.385. The number of nitrogens with zero attached hydrogens (tertiary/aromatic N) is 1. The Morgan fingerprint density at radius 1 is 1.38 bits per heavy atom. The van der Waals surface area contributed by atoms with E-state index >= 15 is 0 Å². The maximum absolute atomic E-state index is 13.2. The molecule has 0 saturated carbocycles. The van der Waals surface area contributed by atoms with Crippen LogP contribution in [0.4, 0.5) is 4.39 Å². The Morgan fingerprint density at radius 2 is 2.12 bits per heavy atom. The molecule has 1 N–H and O–H groups in total. The van der Waals surface area contributed by atoms with Gasteiger partial charge in [0.15, 0.2) is 0 Å². The highest BCUT2D eigenvalue weighted by Crippen LogP contribution is 2.25. The van der Waals surface area contributed by atoms with Crippen molar-refractivity contribution in [2.75, 3.05) is 13.6 Å². The van der Waals surface area contributed by atoms with Crippen LogP contribution in [0.3, 0.4) is 0 Å². The van der Waals surface area contributed by atoms with Gasteiger partial charge in [0.2, 0.25) is 0 Å². The van der Waals surface area contributed by atoms with Crippen molar-refractivity contribution in [3.8, 4) is 0 Å². The second-order valence-electron chi connectivity index (χ2n) is 4.15. The number of nitrogens with one attached hydrogen (secondary N) is 1. The number of rotatable bonds is 3. The molecule has 0 spiro atoms. The molecule has 1 aromatic carbocycles. The third-order valence-electron chi connectivity index (χ3n) is 3.17. The topological polar surface area (TPSA) is 17.0 Å². The number of likely N-dealkylation sites (N-methyl/N-ethyl adjacent to an activating group) is 1. The maximum Gasteiger partial charge on any atom is 0.123 e. The van der Waals surface area contributed by atoms with E-state index in [4.69, 9.17) is 0 Å². The molecule has 0 atom stereocenters. The number of hydrogen-bond donors (Lipinski definition) is 1. The van der Waals surface area contributed by atoms with Gasteiger partial charge in [-0.1, -0.05) is 0 Å². The molecule has 0 bridgehead atoms. The summed E-state index contributed by atoms with van der Waals surface area (Å²) in [7, 11) is 3.98. The summed E-state index contributed by atoms with van der Waals surface area (Å²) >= 11 is 0. The molecular formula is C13H17FN2. The Morgan fingerprint density at radius 3 is 2.81 bits per heavy atom. The van der Waals surface area contributed by atoms with Crippen molar-refractivity contribution in [3.63, 3.8) is 0 Å². The van der Waals surface area contributed by atoms with Gasteiger partial charge in [-0.15, -0.1) is 0 Å². The SMILES string of the molecule is CNCCc1c(C)c2cc(F)ccc2n1C. The van der Waals surface area contributed by atoms with Gasteiger partial charge in [0.05, 0.1) is 0 Å². The van der Waals surface area contributed by atoms with Gasteiger partial charge in [-0.2, -0.15) is 0 Å². The fourth-order valence-electron chi connectivity index (χ4n) is 2.25. The second-order valence-corrected chi connectivity index (χ2v) is 4.15. The Kier molecular flexibility index (Phi) is 2.97. The Balaban J connectivity index is 2.57. The summed E-state index contributed by atoms with van der Waals surface area (Å²) in [6.45, 7) is 3.00. The first-order valence-corrected chi connectivity index (χ1v) is 5.53. The van der Waals surface area contributed by atoms with Crippen molar-refractivity contribution in [2.24, 2.45) is 7.05 Å². The zero-order valence-corrected chi connectivity index (χ0v) is 9.97. The first-order chi connectivity index (χ1) is 7.65. The summed E-state index contributed by atoms with van der Waals surface area (Å²) in [4.78, 5) is 0. The predicted octanol–water partition coefficient (Wildman–Crippen LogP) is 2.39. The summed E-state index contributed by atoms with van der Waals surface area (Å²) < 4.78 is 15.3. The van der Waals surface area contributed by atoms with Crippen LogP contribution >= 0.6 is 0 Å². The Labute approximate surface area is 95.1 Å². The van der Waals surface area contributed by atoms with Crippen LogP contribution in [0.5, 0.6) is 0 Å². The lowest BCUT2D eigenvalue weighted by molar-refractivity contribution is 0.629. The average Bonchev–Trinajstić information content (AvgIpc) is 2.50. The van der Waals surface area contributed by atoms with Crippen molar-refractivity contribution in [1.82, 2.24) is 9.88 Å². The number of benzene rings is 1. The zero-order chi connectivity index (χ0) is 11.7. The third-order valence-corrected chi connectivity index (χ3v) is 3.17. The summed E-state index contributed by atoms with van der Waals surface area (Å²) in [6.07, 6.45) is 0.967. The van der Waals surface area contributed by atoms with E-state index in [1.54, 1.807) is 6.07 Å². The van der Waals surface area contributed by atoms with Gasteiger partial charge in [0.25, 0.3) is 0 Å². The van der Waals surface area contributed by atoms with Crippen LogP contribution in [-0.2, 0) is 13.5 Å². The van der Waals surface area contributed by atoms with Gasteiger partial charge in [0.1, 0.15) is 5.82 Å². The highest BCUT2D eigenvalue weighted by Gasteiger charge is 2.11. The summed E-state index contributed by atoms with van der Waals surface area (Å²) in [5.74, 6) is -0.165. The molecule has 0 aliphatic carbocycles. The highest BCUT2D eigenvalue weighted by molar-refractivity contribution is 5.85. The van der Waals surface area contributed by atoms with Gasteiger partial charge in [0, 0.05) is 36.6 Å². The van der Waals surface area contributed by atoms with Gasteiger partial charge >= 0.3 is 0 Å². The van der Waals surface area contributed by atoms with E-state index in [-0.39, 0.29) is 5.82 Å². The van der Waals surface area contributed by atoms with Crippen molar-refractivity contribution < 1.29 is 4.39 Å². The van der Waals surface area contributed by atoms with Crippen LogP contribution in [0.15, 0.2) is 18.2 Å². The van der Waals surface area contributed by atoms with Gasteiger partial charge in [-0.25, -0.2) is 4.39 Å². The zero-order valence-electron chi connectivity index (χ0n) is 9.97. The smallest absolute Gasteiger partial charge is 0.123 e. The second kappa shape index (κ2) is 4.26. The number of aromatic nitrogens is 1. The molecule has 0 amide bonds. The minimum atomic E-state index is -0.165. The van der Waals surface area contributed by atoms with Gasteiger partial charge in [-0.05, 0) is 37.7 Å². The van der Waals surface area contributed by atoms with Crippen molar-refractivity contribution >= 4 is 10.9 Å². The number of hydrogen-bond acceptors (Lipinski definition) is 1. The lowest BCUT2D eigenvalue weighted by atomic mass is 10.1. The molecule has 0 aliphatic rings. The normalized spacial score (nSPS) is 11.2. The summed E-state index contributed by atoms with van der Waals surface area (Å²) in [5, 5.41) is 4.16. The first-order valence-electron chi connectivity index (χ1n) is 5.53. The van der Waals surface area contributed by atoms with Crippen LogP contribution in [0.2, 0.25) is 0 Å². The first kappa shape index (κ1) is 11.1. The van der Waals surface area contributed by atoms with Crippen molar-refractivity contribution in [1.29, 1.82) is 0 Å². The van der Waals surface area contributed by atoms with E-state index in [1.807, 2.05) is 20.2 Å². The van der Waals surface area contributed by atoms with Crippen LogP contribution in [-0.4, -0.2) is 18.2 Å². The lowest BCUT2D eigenvalue weighted by Gasteiger charge is -2.04. The molecule has 3 heteroatoms. The average molecular weight is 220 g/mol. The molecule has 2 rings (SSSR count). The summed E-state index contributed by atoms with van der Waals surface area (Å²) in [5.41, 5.74) is 3.56. The largest absolute Gasteiger partial charge is 0.347 e. The molecule has 86 valence electrons.